The van der Waals surface area contributed by atoms with Crippen molar-refractivity contribution in [3.8, 4) is 22.5 Å². The van der Waals surface area contributed by atoms with E-state index in [4.69, 9.17) is 17.3 Å². The second kappa shape index (κ2) is 6.67. The Labute approximate surface area is 145 Å². The molecule has 2 N–H and O–H groups in total. The number of aromatic nitrogens is 2. The third-order valence-electron chi connectivity index (χ3n) is 3.89. The lowest BCUT2D eigenvalue weighted by Gasteiger charge is -2.12. The third-order valence-corrected chi connectivity index (χ3v) is 4.18. The molecule has 122 valence electrons. The van der Waals surface area contributed by atoms with Crippen molar-refractivity contribution >= 4 is 11.6 Å². The number of hydrogen-bond donors (Lipinski definition) is 1. The van der Waals surface area contributed by atoms with Crippen LogP contribution in [0.1, 0.15) is 17.0 Å². The van der Waals surface area contributed by atoms with E-state index in [0.717, 1.165) is 22.5 Å². The molecule has 0 radical (unpaired) electrons. The molecule has 2 aromatic carbocycles. The van der Waals surface area contributed by atoms with Gasteiger partial charge >= 0.3 is 0 Å². The Balaban J connectivity index is 2.14. The molecule has 0 amide bonds. The highest BCUT2D eigenvalue weighted by Crippen LogP contribution is 2.30. The Bertz CT molecular complexity index is 909. The number of benzene rings is 2. The fraction of sp³-hybridized carbons (Fsp3) is 0.158. The second-order valence-corrected chi connectivity index (χ2v) is 6.00. The maximum Gasteiger partial charge on any atom is 0.151 e. The van der Waals surface area contributed by atoms with Crippen LogP contribution in [0, 0.1) is 19.7 Å². The molecule has 3 rings (SSSR count). The van der Waals surface area contributed by atoms with E-state index < -0.39 is 5.82 Å². The number of aryl methyl sites for hydroxylation is 2. The van der Waals surface area contributed by atoms with E-state index in [1.165, 1.54) is 6.07 Å². The molecule has 0 saturated heterocycles. The van der Waals surface area contributed by atoms with Gasteiger partial charge in [-0.25, -0.2) is 14.4 Å². The summed E-state index contributed by atoms with van der Waals surface area (Å²) in [6.45, 7) is 4.15. The van der Waals surface area contributed by atoms with Crippen molar-refractivity contribution in [1.82, 2.24) is 9.97 Å². The Morgan fingerprint density at radius 2 is 1.67 bits per heavy atom. The van der Waals surface area contributed by atoms with E-state index in [1.54, 1.807) is 12.1 Å². The van der Waals surface area contributed by atoms with Gasteiger partial charge < -0.3 is 5.73 Å². The second-order valence-electron chi connectivity index (χ2n) is 5.60. The van der Waals surface area contributed by atoms with Crippen LogP contribution >= 0.6 is 11.6 Å². The van der Waals surface area contributed by atoms with Gasteiger partial charge in [0, 0.05) is 17.7 Å². The summed E-state index contributed by atoms with van der Waals surface area (Å²) >= 11 is 5.88. The quantitative estimate of drug-likeness (QED) is 0.752. The Morgan fingerprint density at radius 3 is 2.42 bits per heavy atom. The average Bonchev–Trinajstić information content (AvgIpc) is 2.59. The summed E-state index contributed by atoms with van der Waals surface area (Å²) in [5.74, 6) is -0.478. The fourth-order valence-corrected chi connectivity index (χ4v) is 2.84. The molecule has 0 bridgehead atoms. The SMILES string of the molecule is Cc1nc(-c2cccc(Cl)c2F)c(C)nc1-c1cccc(CN)c1. The summed E-state index contributed by atoms with van der Waals surface area (Å²) in [6, 6.07) is 12.8. The van der Waals surface area contributed by atoms with Gasteiger partial charge in [0.15, 0.2) is 5.82 Å². The molecule has 0 aliphatic heterocycles. The molecule has 1 aromatic heterocycles. The van der Waals surface area contributed by atoms with Crippen LogP contribution in [0.5, 0.6) is 0 Å². The summed E-state index contributed by atoms with van der Waals surface area (Å²) in [4.78, 5) is 9.24. The van der Waals surface area contributed by atoms with Crippen molar-refractivity contribution in [3.05, 3.63) is 70.3 Å². The highest BCUT2D eigenvalue weighted by Gasteiger charge is 2.16. The van der Waals surface area contributed by atoms with Crippen molar-refractivity contribution in [2.75, 3.05) is 0 Å². The van der Waals surface area contributed by atoms with Gasteiger partial charge in [-0.05, 0) is 37.6 Å². The van der Waals surface area contributed by atoms with E-state index in [9.17, 15) is 4.39 Å². The molecule has 0 fully saturated rings. The van der Waals surface area contributed by atoms with Crippen LogP contribution in [0.2, 0.25) is 5.02 Å². The first-order chi connectivity index (χ1) is 11.5. The molecule has 0 saturated carbocycles. The lowest BCUT2D eigenvalue weighted by molar-refractivity contribution is 0.630. The first kappa shape index (κ1) is 16.6. The van der Waals surface area contributed by atoms with E-state index in [0.29, 0.717) is 23.5 Å². The zero-order chi connectivity index (χ0) is 17.3. The van der Waals surface area contributed by atoms with Crippen LogP contribution < -0.4 is 5.73 Å². The number of rotatable bonds is 3. The molecular formula is C19H17ClFN3. The number of nitrogens with two attached hydrogens (primary N) is 1. The molecule has 24 heavy (non-hydrogen) atoms. The normalized spacial score (nSPS) is 10.9. The van der Waals surface area contributed by atoms with Gasteiger partial charge in [-0.3, -0.25) is 0 Å². The molecule has 3 nitrogen and oxygen atoms in total. The van der Waals surface area contributed by atoms with Crippen molar-refractivity contribution in [2.45, 2.75) is 20.4 Å². The Kier molecular flexibility index (Phi) is 4.60. The van der Waals surface area contributed by atoms with Crippen LogP contribution in [0.15, 0.2) is 42.5 Å². The molecule has 5 heteroatoms. The maximum atomic E-state index is 14.3. The molecule has 0 aliphatic rings. The smallest absolute Gasteiger partial charge is 0.151 e. The predicted octanol–water partition coefficient (Wildman–Crippen LogP) is 4.68. The first-order valence-corrected chi connectivity index (χ1v) is 7.98. The Hall–Kier alpha value is -2.30. The van der Waals surface area contributed by atoms with E-state index in [1.807, 2.05) is 38.1 Å². The lowest BCUT2D eigenvalue weighted by atomic mass is 10.0. The standard InChI is InChI=1S/C19H17ClFN3/c1-11-18(14-6-3-5-13(9-14)10-22)23-12(2)19(24-11)15-7-4-8-16(20)17(15)21/h3-9H,10,22H2,1-2H3. The fourth-order valence-electron chi connectivity index (χ4n) is 2.66. The van der Waals surface area contributed by atoms with Crippen molar-refractivity contribution in [1.29, 1.82) is 0 Å². The van der Waals surface area contributed by atoms with Crippen molar-refractivity contribution < 1.29 is 4.39 Å². The summed E-state index contributed by atoms with van der Waals surface area (Å²) in [5.41, 5.74) is 10.7. The molecule has 3 aromatic rings. The van der Waals surface area contributed by atoms with Gasteiger partial charge in [-0.2, -0.15) is 0 Å². The van der Waals surface area contributed by atoms with Crippen LogP contribution in [-0.4, -0.2) is 9.97 Å². The molecular weight excluding hydrogens is 325 g/mol. The monoisotopic (exact) mass is 341 g/mol. The number of nitrogens with zero attached hydrogens (tertiary/aromatic N) is 2. The first-order valence-electron chi connectivity index (χ1n) is 7.60. The number of hydrogen-bond acceptors (Lipinski definition) is 3. The van der Waals surface area contributed by atoms with E-state index >= 15 is 0 Å². The largest absolute Gasteiger partial charge is 0.326 e. The molecule has 0 spiro atoms. The minimum Gasteiger partial charge on any atom is -0.326 e. The summed E-state index contributed by atoms with van der Waals surface area (Å²) in [6.07, 6.45) is 0. The Morgan fingerprint density at radius 1 is 1.00 bits per heavy atom. The highest BCUT2D eigenvalue weighted by molar-refractivity contribution is 6.31. The van der Waals surface area contributed by atoms with Gasteiger partial charge in [0.2, 0.25) is 0 Å². The average molecular weight is 342 g/mol. The third kappa shape index (κ3) is 3.03. The summed E-state index contributed by atoms with van der Waals surface area (Å²) in [5, 5.41) is 0.0751. The number of halogens is 2. The topological polar surface area (TPSA) is 51.8 Å². The molecule has 0 unspecified atom stereocenters. The van der Waals surface area contributed by atoms with Gasteiger partial charge in [0.25, 0.3) is 0 Å². The summed E-state index contributed by atoms with van der Waals surface area (Å²) < 4.78 is 14.3. The molecule has 0 aliphatic carbocycles. The van der Waals surface area contributed by atoms with Crippen molar-refractivity contribution in [2.24, 2.45) is 5.73 Å². The van der Waals surface area contributed by atoms with Gasteiger partial charge in [0.05, 0.1) is 27.8 Å². The van der Waals surface area contributed by atoms with Crippen LogP contribution in [-0.2, 0) is 6.54 Å². The zero-order valence-electron chi connectivity index (χ0n) is 13.5. The molecule has 0 atom stereocenters. The van der Waals surface area contributed by atoms with Gasteiger partial charge in [-0.1, -0.05) is 35.9 Å². The summed E-state index contributed by atoms with van der Waals surface area (Å²) in [7, 11) is 0. The van der Waals surface area contributed by atoms with Crippen LogP contribution in [0.4, 0.5) is 4.39 Å². The van der Waals surface area contributed by atoms with Crippen molar-refractivity contribution in [3.63, 3.8) is 0 Å². The lowest BCUT2D eigenvalue weighted by Crippen LogP contribution is -2.02. The van der Waals surface area contributed by atoms with Crippen LogP contribution in [0.25, 0.3) is 22.5 Å². The van der Waals surface area contributed by atoms with E-state index in [-0.39, 0.29) is 5.02 Å². The van der Waals surface area contributed by atoms with Crippen LogP contribution in [0.3, 0.4) is 0 Å². The van der Waals surface area contributed by atoms with Gasteiger partial charge in [0.1, 0.15) is 0 Å². The maximum absolute atomic E-state index is 14.3. The van der Waals surface area contributed by atoms with Gasteiger partial charge in [-0.15, -0.1) is 0 Å². The zero-order valence-corrected chi connectivity index (χ0v) is 14.2. The predicted molar refractivity (Wildman–Crippen MR) is 95.2 cm³/mol. The minimum atomic E-state index is -0.478. The highest BCUT2D eigenvalue weighted by atomic mass is 35.5. The minimum absolute atomic E-state index is 0.0751. The molecule has 1 heterocycles. The van der Waals surface area contributed by atoms with E-state index in [2.05, 4.69) is 9.97 Å².